The number of hydroxylamine groups is 2. The van der Waals surface area contributed by atoms with Crippen molar-refractivity contribution in [3.8, 4) is 0 Å². The monoisotopic (exact) mass is 171 g/mol. The molecule has 9 heavy (non-hydrogen) atoms. The molecular weight excluding hydrogens is 165 g/mol. The van der Waals surface area contributed by atoms with E-state index in [4.69, 9.17) is 28.8 Å². The van der Waals surface area contributed by atoms with Crippen LogP contribution >= 0.6 is 23.6 Å². The van der Waals surface area contributed by atoms with E-state index < -0.39 is 0 Å². The molecule has 1 aliphatic rings. The second-order valence-electron chi connectivity index (χ2n) is 1.86. The molecule has 0 radical (unpaired) electrons. The highest BCUT2D eigenvalue weighted by atomic mass is 35.5. The highest BCUT2D eigenvalue weighted by molar-refractivity contribution is 6.15. The summed E-state index contributed by atoms with van der Waals surface area (Å²) in [5.74, 6) is 0. The predicted octanol–water partition coefficient (Wildman–Crippen LogP) is 0.475. The van der Waals surface area contributed by atoms with Crippen LogP contribution in [0.1, 0.15) is 0 Å². The van der Waals surface area contributed by atoms with Gasteiger partial charge in [-0.25, -0.2) is 0 Å². The highest BCUT2D eigenvalue weighted by Crippen LogP contribution is 2.08. The first-order valence-corrected chi connectivity index (χ1v) is 3.11. The van der Waals surface area contributed by atoms with Gasteiger partial charge in [0.05, 0.1) is 20.0 Å². The zero-order valence-corrected chi connectivity index (χ0v) is 6.18. The molecule has 1 heterocycles. The first-order valence-electron chi connectivity index (χ1n) is 2.44. The van der Waals surface area contributed by atoms with Crippen LogP contribution < -0.4 is 0 Å². The Morgan fingerprint density at radius 2 is 1.44 bits per heavy atom. The van der Waals surface area contributed by atoms with Crippen LogP contribution in [0.3, 0.4) is 0 Å². The SMILES string of the molecule is ON1CN(Cl)CN(Cl)C1. The van der Waals surface area contributed by atoms with Gasteiger partial charge in [0.25, 0.3) is 0 Å². The van der Waals surface area contributed by atoms with E-state index in [1.54, 1.807) is 0 Å². The molecule has 0 amide bonds. The molecule has 54 valence electrons. The summed E-state index contributed by atoms with van der Waals surface area (Å²) in [5, 5.41) is 9.85. The van der Waals surface area contributed by atoms with Crippen molar-refractivity contribution < 1.29 is 5.21 Å². The van der Waals surface area contributed by atoms with Gasteiger partial charge in [-0.15, -0.1) is 0 Å². The van der Waals surface area contributed by atoms with E-state index in [0.717, 1.165) is 5.06 Å². The fourth-order valence-corrected chi connectivity index (χ4v) is 1.21. The third-order valence-corrected chi connectivity index (χ3v) is 1.37. The number of rotatable bonds is 0. The average Bonchev–Trinajstić information content (AvgIpc) is 1.59. The Bertz CT molecular complexity index is 78.0. The summed E-state index contributed by atoms with van der Waals surface area (Å²) < 4.78 is 2.74. The van der Waals surface area contributed by atoms with Gasteiger partial charge >= 0.3 is 0 Å². The Kier molecular flexibility index (Phi) is 2.51. The lowest BCUT2D eigenvalue weighted by Gasteiger charge is -2.31. The highest BCUT2D eigenvalue weighted by Gasteiger charge is 2.18. The summed E-state index contributed by atoms with van der Waals surface area (Å²) >= 11 is 11.0. The predicted molar refractivity (Wildman–Crippen MR) is 33.6 cm³/mol. The Labute approximate surface area is 63.3 Å². The first-order chi connectivity index (χ1) is 4.18. The third-order valence-electron chi connectivity index (χ3n) is 0.940. The van der Waals surface area contributed by atoms with Gasteiger partial charge in [0.15, 0.2) is 0 Å². The maximum absolute atomic E-state index is 8.83. The van der Waals surface area contributed by atoms with Crippen LogP contribution in [0.25, 0.3) is 0 Å². The molecule has 6 heteroatoms. The lowest BCUT2D eigenvalue weighted by atomic mass is 10.7. The normalized spacial score (nSPS) is 27.0. The van der Waals surface area contributed by atoms with E-state index in [1.165, 1.54) is 8.84 Å². The van der Waals surface area contributed by atoms with Crippen molar-refractivity contribution in [3.05, 3.63) is 0 Å². The molecule has 0 aromatic rings. The van der Waals surface area contributed by atoms with Crippen molar-refractivity contribution in [1.29, 1.82) is 0 Å². The molecular formula is C3H7Cl2N3O. The minimum Gasteiger partial charge on any atom is -0.311 e. The molecule has 0 spiro atoms. The molecule has 0 aromatic carbocycles. The largest absolute Gasteiger partial charge is 0.311 e. The van der Waals surface area contributed by atoms with Crippen molar-refractivity contribution in [2.24, 2.45) is 0 Å². The maximum Gasteiger partial charge on any atom is 0.0927 e. The van der Waals surface area contributed by atoms with E-state index >= 15 is 0 Å². The minimum absolute atomic E-state index is 0.324. The van der Waals surface area contributed by atoms with Crippen LogP contribution in [0.5, 0.6) is 0 Å². The van der Waals surface area contributed by atoms with Gasteiger partial charge in [-0.05, 0) is 23.6 Å². The molecule has 0 saturated carbocycles. The Morgan fingerprint density at radius 3 is 1.78 bits per heavy atom. The van der Waals surface area contributed by atoms with E-state index in [9.17, 15) is 0 Å². The van der Waals surface area contributed by atoms with Gasteiger partial charge in [-0.3, -0.25) is 0 Å². The standard InChI is InChI=1S/C3H7Cl2N3O/c4-6-1-7(5)3-8(9)2-6/h9H,1-3H2. The lowest BCUT2D eigenvalue weighted by molar-refractivity contribution is -0.158. The smallest absolute Gasteiger partial charge is 0.0927 e. The fourth-order valence-electron chi connectivity index (χ4n) is 0.655. The number of halogens is 2. The van der Waals surface area contributed by atoms with Crippen molar-refractivity contribution in [3.63, 3.8) is 0 Å². The van der Waals surface area contributed by atoms with Gasteiger partial charge in [0, 0.05) is 0 Å². The first kappa shape index (κ1) is 7.53. The second kappa shape index (κ2) is 3.01. The lowest BCUT2D eigenvalue weighted by Crippen LogP contribution is -2.46. The molecule has 0 aliphatic carbocycles. The molecule has 1 aliphatic heterocycles. The molecule has 1 fully saturated rings. The van der Waals surface area contributed by atoms with Crippen LogP contribution in [0.2, 0.25) is 0 Å². The van der Waals surface area contributed by atoms with Crippen LogP contribution in [0.15, 0.2) is 0 Å². The fraction of sp³-hybridized carbons (Fsp3) is 1.00. The number of hydrogen-bond acceptors (Lipinski definition) is 4. The second-order valence-corrected chi connectivity index (χ2v) is 2.81. The summed E-state index contributed by atoms with van der Waals surface area (Å²) in [6, 6.07) is 0. The Hall–Kier alpha value is 0.420. The molecule has 1 rings (SSSR count). The molecule has 0 atom stereocenters. The molecule has 1 N–H and O–H groups in total. The number of hydrogen-bond donors (Lipinski definition) is 1. The van der Waals surface area contributed by atoms with Crippen molar-refractivity contribution in [1.82, 2.24) is 13.9 Å². The molecule has 1 saturated heterocycles. The van der Waals surface area contributed by atoms with Gasteiger partial charge < -0.3 is 5.21 Å². The minimum atomic E-state index is 0.324. The topological polar surface area (TPSA) is 30.0 Å². The molecule has 0 bridgehead atoms. The van der Waals surface area contributed by atoms with Crippen LogP contribution in [-0.2, 0) is 0 Å². The summed E-state index contributed by atoms with van der Waals surface area (Å²) in [4.78, 5) is 0. The van der Waals surface area contributed by atoms with Gasteiger partial charge in [-0.2, -0.15) is 13.9 Å². The number of nitrogens with zero attached hydrogens (tertiary/aromatic N) is 3. The quantitative estimate of drug-likeness (QED) is 0.538. The summed E-state index contributed by atoms with van der Waals surface area (Å²) in [6.07, 6.45) is 0. The summed E-state index contributed by atoms with van der Waals surface area (Å²) in [6.45, 7) is 1.11. The van der Waals surface area contributed by atoms with Crippen molar-refractivity contribution >= 4 is 23.6 Å². The van der Waals surface area contributed by atoms with Crippen LogP contribution in [-0.4, -0.2) is 39.1 Å². The molecule has 0 aromatic heterocycles. The van der Waals surface area contributed by atoms with E-state index in [2.05, 4.69) is 0 Å². The summed E-state index contributed by atoms with van der Waals surface area (Å²) in [5.41, 5.74) is 0. The Balaban J connectivity index is 2.34. The Morgan fingerprint density at radius 1 is 1.00 bits per heavy atom. The summed E-state index contributed by atoms with van der Waals surface area (Å²) in [7, 11) is 0. The third kappa shape index (κ3) is 2.25. The molecule has 4 nitrogen and oxygen atoms in total. The van der Waals surface area contributed by atoms with Gasteiger partial charge in [0.2, 0.25) is 0 Å². The zero-order chi connectivity index (χ0) is 6.85. The van der Waals surface area contributed by atoms with E-state index in [0.29, 0.717) is 20.0 Å². The van der Waals surface area contributed by atoms with Crippen LogP contribution in [0.4, 0.5) is 0 Å². The van der Waals surface area contributed by atoms with Gasteiger partial charge in [0.1, 0.15) is 0 Å². The average molecular weight is 172 g/mol. The van der Waals surface area contributed by atoms with E-state index in [-0.39, 0.29) is 0 Å². The van der Waals surface area contributed by atoms with Crippen molar-refractivity contribution in [2.45, 2.75) is 0 Å². The van der Waals surface area contributed by atoms with Gasteiger partial charge in [-0.1, -0.05) is 0 Å². The molecule has 0 unspecified atom stereocenters. The van der Waals surface area contributed by atoms with Crippen LogP contribution in [0, 0.1) is 0 Å². The van der Waals surface area contributed by atoms with E-state index in [1.807, 2.05) is 0 Å². The maximum atomic E-state index is 8.83. The van der Waals surface area contributed by atoms with Crippen molar-refractivity contribution in [2.75, 3.05) is 20.0 Å². The zero-order valence-electron chi connectivity index (χ0n) is 4.67.